The van der Waals surface area contributed by atoms with Gasteiger partial charge in [0.25, 0.3) is 0 Å². The van der Waals surface area contributed by atoms with E-state index in [9.17, 15) is 8.78 Å². The molecule has 2 rings (SSSR count). The number of aromatic nitrogens is 1. The van der Waals surface area contributed by atoms with E-state index in [0.717, 1.165) is 6.07 Å². The van der Waals surface area contributed by atoms with E-state index in [0.29, 0.717) is 11.7 Å². The van der Waals surface area contributed by atoms with Crippen LogP contribution in [0, 0.1) is 18.6 Å². The fourth-order valence-electron chi connectivity index (χ4n) is 1.20. The van der Waals surface area contributed by atoms with Crippen LogP contribution in [-0.2, 0) is 6.61 Å². The first kappa shape index (κ1) is 10.6. The Morgan fingerprint density at radius 2 is 2.19 bits per heavy atom. The van der Waals surface area contributed by atoms with Crippen molar-refractivity contribution < 1.29 is 17.9 Å². The van der Waals surface area contributed by atoms with E-state index in [2.05, 4.69) is 4.98 Å². The molecule has 0 bridgehead atoms. The lowest BCUT2D eigenvalue weighted by atomic mass is 10.3. The molecule has 0 aliphatic carbocycles. The van der Waals surface area contributed by atoms with Crippen LogP contribution in [0.15, 0.2) is 28.8 Å². The fourth-order valence-corrected chi connectivity index (χ4v) is 1.20. The van der Waals surface area contributed by atoms with Crippen LogP contribution in [0.1, 0.15) is 11.7 Å². The molecule has 1 heterocycles. The van der Waals surface area contributed by atoms with E-state index in [-0.39, 0.29) is 12.4 Å². The highest BCUT2D eigenvalue weighted by Crippen LogP contribution is 2.20. The molecule has 0 aliphatic heterocycles. The summed E-state index contributed by atoms with van der Waals surface area (Å²) in [6, 6.07) is 3.74. The third kappa shape index (κ3) is 2.18. The first-order chi connectivity index (χ1) is 7.66. The standard InChI is InChI=1S/C11H9F2NO2/c1-7-5-14-10(16-7)6-15-9-4-2-3-8(12)11(9)13/h2-5H,6H2,1H3. The van der Waals surface area contributed by atoms with Crippen LogP contribution in [-0.4, -0.2) is 4.98 Å². The van der Waals surface area contributed by atoms with Crippen LogP contribution in [0.3, 0.4) is 0 Å². The first-order valence-electron chi connectivity index (χ1n) is 4.65. The molecule has 0 fully saturated rings. The number of hydrogen-bond donors (Lipinski definition) is 0. The average molecular weight is 225 g/mol. The Kier molecular flexibility index (Phi) is 2.85. The lowest BCUT2D eigenvalue weighted by Gasteiger charge is -2.04. The van der Waals surface area contributed by atoms with E-state index < -0.39 is 11.6 Å². The molecule has 84 valence electrons. The fraction of sp³-hybridized carbons (Fsp3) is 0.182. The van der Waals surface area contributed by atoms with Crippen molar-refractivity contribution in [3.8, 4) is 5.75 Å². The van der Waals surface area contributed by atoms with Gasteiger partial charge in [-0.1, -0.05) is 6.07 Å². The van der Waals surface area contributed by atoms with Gasteiger partial charge >= 0.3 is 0 Å². The summed E-state index contributed by atoms with van der Waals surface area (Å²) >= 11 is 0. The number of hydrogen-bond acceptors (Lipinski definition) is 3. The third-order valence-corrected chi connectivity index (χ3v) is 1.94. The summed E-state index contributed by atoms with van der Waals surface area (Å²) in [6.07, 6.45) is 1.53. The van der Waals surface area contributed by atoms with Gasteiger partial charge in [0.1, 0.15) is 5.76 Å². The summed E-state index contributed by atoms with van der Waals surface area (Å²) in [5.74, 6) is -1.15. The topological polar surface area (TPSA) is 35.3 Å². The molecule has 0 saturated carbocycles. The zero-order valence-corrected chi connectivity index (χ0v) is 8.54. The Bertz CT molecular complexity index is 496. The van der Waals surface area contributed by atoms with E-state index in [1.807, 2.05) is 0 Å². The second-order valence-corrected chi connectivity index (χ2v) is 3.21. The molecule has 3 nitrogen and oxygen atoms in total. The predicted molar refractivity (Wildman–Crippen MR) is 51.9 cm³/mol. The lowest BCUT2D eigenvalue weighted by molar-refractivity contribution is 0.246. The SMILES string of the molecule is Cc1cnc(COc2cccc(F)c2F)o1. The molecule has 1 aromatic heterocycles. The normalized spacial score (nSPS) is 10.4. The van der Waals surface area contributed by atoms with Gasteiger partial charge in [0.2, 0.25) is 11.7 Å². The maximum absolute atomic E-state index is 13.2. The molecule has 0 N–H and O–H groups in total. The number of rotatable bonds is 3. The monoisotopic (exact) mass is 225 g/mol. The Morgan fingerprint density at radius 1 is 1.38 bits per heavy atom. The van der Waals surface area contributed by atoms with Crippen molar-refractivity contribution in [3.63, 3.8) is 0 Å². The number of benzene rings is 1. The van der Waals surface area contributed by atoms with Gasteiger partial charge < -0.3 is 9.15 Å². The summed E-state index contributed by atoms with van der Waals surface area (Å²) < 4.78 is 36.1. The van der Waals surface area contributed by atoms with Gasteiger partial charge in [-0.15, -0.1) is 0 Å². The number of nitrogens with zero attached hydrogens (tertiary/aromatic N) is 1. The molecule has 0 saturated heterocycles. The zero-order chi connectivity index (χ0) is 11.5. The minimum Gasteiger partial charge on any atom is -0.481 e. The third-order valence-electron chi connectivity index (χ3n) is 1.94. The molecule has 0 amide bonds. The Labute approximate surface area is 90.7 Å². The van der Waals surface area contributed by atoms with Crippen molar-refractivity contribution in [2.24, 2.45) is 0 Å². The highest BCUT2D eigenvalue weighted by atomic mass is 19.2. The van der Waals surface area contributed by atoms with Crippen LogP contribution in [0.4, 0.5) is 8.78 Å². The van der Waals surface area contributed by atoms with Crippen molar-refractivity contribution >= 4 is 0 Å². The molecule has 16 heavy (non-hydrogen) atoms. The lowest BCUT2D eigenvalue weighted by Crippen LogP contribution is -1.98. The van der Waals surface area contributed by atoms with E-state index >= 15 is 0 Å². The highest BCUT2D eigenvalue weighted by molar-refractivity contribution is 5.25. The van der Waals surface area contributed by atoms with Gasteiger partial charge in [-0.25, -0.2) is 9.37 Å². The van der Waals surface area contributed by atoms with Crippen LogP contribution >= 0.6 is 0 Å². The Balaban J connectivity index is 2.07. The number of halogens is 2. The van der Waals surface area contributed by atoms with Crippen molar-refractivity contribution in [1.82, 2.24) is 4.98 Å². The number of aryl methyl sites for hydroxylation is 1. The smallest absolute Gasteiger partial charge is 0.232 e. The summed E-state index contributed by atoms with van der Waals surface area (Å²) in [7, 11) is 0. The summed E-state index contributed by atoms with van der Waals surface area (Å²) in [6.45, 7) is 1.70. The second kappa shape index (κ2) is 4.30. The molecule has 0 aliphatic rings. The van der Waals surface area contributed by atoms with Gasteiger partial charge in [-0.2, -0.15) is 4.39 Å². The molecule has 0 unspecified atom stereocenters. The quantitative estimate of drug-likeness (QED) is 0.805. The van der Waals surface area contributed by atoms with Gasteiger partial charge in [0.15, 0.2) is 18.2 Å². The molecule has 5 heteroatoms. The molecule has 0 atom stereocenters. The van der Waals surface area contributed by atoms with E-state index in [1.165, 1.54) is 18.3 Å². The molecular formula is C11H9F2NO2. The van der Waals surface area contributed by atoms with Crippen LogP contribution < -0.4 is 4.74 Å². The minimum atomic E-state index is -1.01. The van der Waals surface area contributed by atoms with Gasteiger partial charge in [0, 0.05) is 0 Å². The Morgan fingerprint density at radius 3 is 2.88 bits per heavy atom. The number of ether oxygens (including phenoxy) is 1. The van der Waals surface area contributed by atoms with Gasteiger partial charge in [0.05, 0.1) is 6.20 Å². The maximum atomic E-state index is 13.2. The van der Waals surface area contributed by atoms with Crippen molar-refractivity contribution in [3.05, 3.63) is 47.7 Å². The van der Waals surface area contributed by atoms with E-state index in [4.69, 9.17) is 9.15 Å². The molecular weight excluding hydrogens is 216 g/mol. The van der Waals surface area contributed by atoms with Crippen LogP contribution in [0.5, 0.6) is 5.75 Å². The second-order valence-electron chi connectivity index (χ2n) is 3.21. The summed E-state index contributed by atoms with van der Waals surface area (Å²) in [4.78, 5) is 3.88. The molecule has 1 aromatic carbocycles. The zero-order valence-electron chi connectivity index (χ0n) is 8.54. The van der Waals surface area contributed by atoms with Crippen LogP contribution in [0.2, 0.25) is 0 Å². The van der Waals surface area contributed by atoms with Crippen molar-refractivity contribution in [2.75, 3.05) is 0 Å². The minimum absolute atomic E-state index is 0.0335. The predicted octanol–water partition coefficient (Wildman–Crippen LogP) is 2.84. The largest absolute Gasteiger partial charge is 0.481 e. The van der Waals surface area contributed by atoms with E-state index in [1.54, 1.807) is 6.92 Å². The maximum Gasteiger partial charge on any atom is 0.232 e. The van der Waals surface area contributed by atoms with Crippen molar-refractivity contribution in [1.29, 1.82) is 0 Å². The Hall–Kier alpha value is -1.91. The van der Waals surface area contributed by atoms with Crippen molar-refractivity contribution in [2.45, 2.75) is 13.5 Å². The summed E-state index contributed by atoms with van der Waals surface area (Å²) in [5, 5.41) is 0. The van der Waals surface area contributed by atoms with Crippen LogP contribution in [0.25, 0.3) is 0 Å². The van der Waals surface area contributed by atoms with Gasteiger partial charge in [-0.3, -0.25) is 0 Å². The summed E-state index contributed by atoms with van der Waals surface area (Å²) in [5.41, 5.74) is 0. The molecule has 2 aromatic rings. The van der Waals surface area contributed by atoms with Gasteiger partial charge in [-0.05, 0) is 19.1 Å². The molecule has 0 radical (unpaired) electrons. The molecule has 0 spiro atoms. The first-order valence-corrected chi connectivity index (χ1v) is 4.65. The highest BCUT2D eigenvalue weighted by Gasteiger charge is 2.09. The number of oxazole rings is 1. The average Bonchev–Trinajstić information content (AvgIpc) is 2.67.